The molecule has 0 amide bonds. The molecule has 1 saturated carbocycles. The maximum absolute atomic E-state index is 14.3. The summed E-state index contributed by atoms with van der Waals surface area (Å²) in [5, 5.41) is 6.86. The van der Waals surface area contributed by atoms with Crippen LogP contribution < -0.4 is 15.3 Å². The van der Waals surface area contributed by atoms with Crippen LogP contribution in [-0.2, 0) is 42.4 Å². The van der Waals surface area contributed by atoms with Crippen LogP contribution in [0.2, 0.25) is 0 Å². The van der Waals surface area contributed by atoms with Crippen molar-refractivity contribution in [1.82, 2.24) is 19.7 Å². The van der Waals surface area contributed by atoms with Crippen molar-refractivity contribution in [3.8, 4) is 5.75 Å². The van der Waals surface area contributed by atoms with E-state index in [0.717, 1.165) is 0 Å². The molecule has 7 atom stereocenters. The molecule has 0 bridgehead atoms. The number of anilines is 1. The number of ether oxygens (including phenoxy) is 4. The second kappa shape index (κ2) is 11.8. The van der Waals surface area contributed by atoms with Gasteiger partial charge in [-0.1, -0.05) is 32.0 Å². The van der Waals surface area contributed by atoms with E-state index in [1.807, 2.05) is 0 Å². The van der Waals surface area contributed by atoms with Crippen molar-refractivity contribution < 1.29 is 46.9 Å². The van der Waals surface area contributed by atoms with Gasteiger partial charge in [0.2, 0.25) is 5.60 Å². The summed E-state index contributed by atoms with van der Waals surface area (Å²) in [4.78, 5) is 42.0. The number of esters is 3. The van der Waals surface area contributed by atoms with E-state index in [0.29, 0.717) is 11.2 Å². The molecule has 2 unspecified atom stereocenters. The van der Waals surface area contributed by atoms with Crippen LogP contribution in [0.25, 0.3) is 5.52 Å². The Morgan fingerprint density at radius 3 is 2.50 bits per heavy atom. The van der Waals surface area contributed by atoms with Crippen LogP contribution in [0.5, 0.6) is 5.75 Å². The zero-order valence-corrected chi connectivity index (χ0v) is 25.7. The predicted molar refractivity (Wildman–Crippen MR) is 153 cm³/mol. The monoisotopic (exact) mass is 631 g/mol. The van der Waals surface area contributed by atoms with Gasteiger partial charge in [0.05, 0.1) is 12.8 Å². The van der Waals surface area contributed by atoms with Crippen molar-refractivity contribution in [1.29, 1.82) is 0 Å². The minimum Gasteiger partial charge on any atom is -0.468 e. The molecule has 3 N–H and O–H groups in total. The first kappa shape index (κ1) is 31.4. The maximum Gasteiger partial charge on any atom is 0.459 e. The van der Waals surface area contributed by atoms with E-state index in [1.54, 1.807) is 63.2 Å². The molecule has 16 heteroatoms. The fraction of sp³-hybridized carbons (Fsp3) is 0.464. The largest absolute Gasteiger partial charge is 0.468 e. The first-order valence-corrected chi connectivity index (χ1v) is 15.5. The van der Waals surface area contributed by atoms with E-state index in [9.17, 15) is 18.9 Å². The van der Waals surface area contributed by atoms with Crippen molar-refractivity contribution in [2.24, 2.45) is 0 Å². The standard InChI is InChI=1S/C28H34N5O10P/c1-6-20(34)39-23-22(18-13-14-19-24(29)30-15-31-33(18)19)41-27(4)26(28(23,27)40-21(35)7-2)43-44(37,32-16(3)25(36)38-5)42-17-11-9-8-10-12-17/h8-16,22-23,26H,6-7H2,1-5H3,(H,32,37)(H2,29,30,31)/t16-,22-,23-,26?,27+,28+,44?/m0/s1. The lowest BCUT2D eigenvalue weighted by Crippen LogP contribution is -2.43. The Labute approximate surface area is 252 Å². The second-order valence-electron chi connectivity index (χ2n) is 10.5. The molecule has 3 aromatic rings. The topological polar surface area (TPSA) is 192 Å². The summed E-state index contributed by atoms with van der Waals surface area (Å²) in [5.41, 5.74) is 3.66. The fourth-order valence-electron chi connectivity index (χ4n) is 5.42. The molecule has 2 aliphatic rings. The number of carbonyl (C=O) groups excluding carboxylic acids is 3. The van der Waals surface area contributed by atoms with E-state index in [2.05, 4.69) is 15.2 Å². The average Bonchev–Trinajstić information content (AvgIpc) is 3.28. The van der Waals surface area contributed by atoms with Gasteiger partial charge in [-0.05, 0) is 38.1 Å². The molecule has 1 saturated heterocycles. The van der Waals surface area contributed by atoms with Crippen molar-refractivity contribution in [3.63, 3.8) is 0 Å². The van der Waals surface area contributed by atoms with E-state index in [1.165, 1.54) is 24.9 Å². The highest BCUT2D eigenvalue weighted by Gasteiger charge is 2.91. The summed E-state index contributed by atoms with van der Waals surface area (Å²) in [6.07, 6.45) is -2.35. The molecule has 2 aromatic heterocycles. The summed E-state index contributed by atoms with van der Waals surface area (Å²) in [5.74, 6) is -1.61. The molecular weight excluding hydrogens is 597 g/mol. The minimum atomic E-state index is -4.45. The molecule has 1 aliphatic heterocycles. The van der Waals surface area contributed by atoms with Gasteiger partial charge in [-0.3, -0.25) is 18.9 Å². The van der Waals surface area contributed by atoms with Crippen molar-refractivity contribution in [2.75, 3.05) is 12.8 Å². The first-order valence-electron chi connectivity index (χ1n) is 14.0. The maximum atomic E-state index is 14.3. The normalized spacial score (nSPS) is 27.5. The van der Waals surface area contributed by atoms with Gasteiger partial charge in [0, 0.05) is 12.8 Å². The highest BCUT2D eigenvalue weighted by molar-refractivity contribution is 7.52. The lowest BCUT2D eigenvalue weighted by atomic mass is 10.0. The van der Waals surface area contributed by atoms with Crippen LogP contribution in [0.1, 0.15) is 52.3 Å². The summed E-state index contributed by atoms with van der Waals surface area (Å²) < 4.78 is 50.9. The van der Waals surface area contributed by atoms with E-state index < -0.39 is 61.2 Å². The van der Waals surface area contributed by atoms with Crippen LogP contribution in [-0.4, -0.2) is 69.1 Å². The molecule has 1 aliphatic carbocycles. The van der Waals surface area contributed by atoms with E-state index >= 15 is 0 Å². The number of nitrogen functional groups attached to an aromatic ring is 1. The van der Waals surface area contributed by atoms with Gasteiger partial charge < -0.3 is 29.2 Å². The Kier molecular flexibility index (Phi) is 8.42. The van der Waals surface area contributed by atoms with Gasteiger partial charge in [0.15, 0.2) is 11.9 Å². The lowest BCUT2D eigenvalue weighted by molar-refractivity contribution is -0.177. The van der Waals surface area contributed by atoms with Crippen molar-refractivity contribution in [3.05, 3.63) is 54.5 Å². The SMILES string of the molecule is CCC(=O)O[C@H]1[C@H](c2ccc3c(N)ncnn23)O[C@]2(C)C(OP(=O)(N[C@@H](C)C(=O)OC)Oc3ccccc3)[C@]12OC(=O)CC. The van der Waals surface area contributed by atoms with Gasteiger partial charge in [0.25, 0.3) is 0 Å². The third-order valence-electron chi connectivity index (χ3n) is 7.69. The zero-order valence-electron chi connectivity index (χ0n) is 24.8. The molecule has 5 rings (SSSR count). The average molecular weight is 632 g/mol. The summed E-state index contributed by atoms with van der Waals surface area (Å²) in [7, 11) is -3.27. The molecule has 44 heavy (non-hydrogen) atoms. The predicted octanol–water partition coefficient (Wildman–Crippen LogP) is 2.89. The van der Waals surface area contributed by atoms with Crippen LogP contribution in [0, 0.1) is 0 Å². The quantitative estimate of drug-likeness (QED) is 0.168. The Morgan fingerprint density at radius 1 is 1.14 bits per heavy atom. The highest BCUT2D eigenvalue weighted by atomic mass is 31.2. The lowest BCUT2D eigenvalue weighted by Gasteiger charge is -2.30. The molecule has 236 valence electrons. The minimum absolute atomic E-state index is 0.00109. The molecule has 15 nitrogen and oxygen atoms in total. The summed E-state index contributed by atoms with van der Waals surface area (Å²) in [6, 6.07) is 10.4. The van der Waals surface area contributed by atoms with E-state index in [-0.39, 0.29) is 24.4 Å². The molecule has 3 heterocycles. The second-order valence-corrected chi connectivity index (χ2v) is 12.1. The molecule has 2 fully saturated rings. The number of hydrogen-bond donors (Lipinski definition) is 2. The number of aromatic nitrogens is 3. The first-order chi connectivity index (χ1) is 20.9. The molecular formula is C28H34N5O10P. The third kappa shape index (κ3) is 5.30. The Bertz CT molecular complexity index is 1620. The van der Waals surface area contributed by atoms with Crippen LogP contribution >= 0.6 is 7.75 Å². The zero-order chi connectivity index (χ0) is 31.9. The van der Waals surface area contributed by atoms with Crippen LogP contribution in [0.3, 0.4) is 0 Å². The van der Waals surface area contributed by atoms with Gasteiger partial charge in [-0.25, -0.2) is 14.1 Å². The summed E-state index contributed by atoms with van der Waals surface area (Å²) >= 11 is 0. The Balaban J connectivity index is 1.58. The number of fused-ring (bicyclic) bond motifs is 2. The number of rotatable bonds is 12. The van der Waals surface area contributed by atoms with Crippen molar-refractivity contribution >= 4 is 37.0 Å². The van der Waals surface area contributed by atoms with Gasteiger partial charge in [-0.2, -0.15) is 10.2 Å². The molecule has 1 aromatic carbocycles. The molecule has 0 spiro atoms. The molecule has 0 radical (unpaired) electrons. The fourth-order valence-corrected chi connectivity index (χ4v) is 7.19. The number of methoxy groups -OCH3 is 1. The summed E-state index contributed by atoms with van der Waals surface area (Å²) in [6.45, 7) is 6.21. The van der Waals surface area contributed by atoms with Gasteiger partial charge in [0.1, 0.15) is 41.4 Å². The third-order valence-corrected chi connectivity index (χ3v) is 9.34. The smallest absolute Gasteiger partial charge is 0.459 e. The Hall–Kier alpha value is -4.04. The highest BCUT2D eigenvalue weighted by Crippen LogP contribution is 2.70. The van der Waals surface area contributed by atoms with Crippen molar-refractivity contribution in [2.45, 2.75) is 76.1 Å². The van der Waals surface area contributed by atoms with Gasteiger partial charge in [-0.15, -0.1) is 0 Å². The van der Waals surface area contributed by atoms with Gasteiger partial charge >= 0.3 is 25.7 Å². The number of benzene rings is 1. The number of nitrogens with zero attached hydrogens (tertiary/aromatic N) is 3. The number of nitrogens with two attached hydrogens (primary N) is 1. The number of nitrogens with one attached hydrogen (secondary N) is 1. The van der Waals surface area contributed by atoms with E-state index in [4.69, 9.17) is 33.7 Å². The van der Waals surface area contributed by atoms with Crippen LogP contribution in [0.4, 0.5) is 5.82 Å². The Morgan fingerprint density at radius 2 is 1.84 bits per heavy atom. The number of hydrogen-bond acceptors (Lipinski definition) is 13. The number of para-hydroxylation sites is 1. The van der Waals surface area contributed by atoms with Crippen LogP contribution in [0.15, 0.2) is 48.8 Å². The number of carbonyl (C=O) groups is 3.